The zero-order valence-electron chi connectivity index (χ0n) is 20.2. The summed E-state index contributed by atoms with van der Waals surface area (Å²) in [4.78, 5) is 39.1. The van der Waals surface area contributed by atoms with Gasteiger partial charge >= 0.3 is 5.97 Å². The number of piperidine rings is 1. The first-order valence-electron chi connectivity index (χ1n) is 12.1. The lowest BCUT2D eigenvalue weighted by Gasteiger charge is -2.32. The normalized spacial score (nSPS) is 19.1. The molecule has 5 rings (SSSR count). The van der Waals surface area contributed by atoms with E-state index in [1.165, 1.54) is 10.4 Å². The number of nitrogens with one attached hydrogen (secondary N) is 1. The smallest absolute Gasteiger partial charge is 0.309 e. The van der Waals surface area contributed by atoms with Crippen molar-refractivity contribution in [3.05, 3.63) is 46.6 Å². The number of rotatable bonds is 5. The number of amides is 1. The lowest BCUT2D eigenvalue weighted by Crippen LogP contribution is -2.42. The Morgan fingerprint density at radius 3 is 2.74 bits per heavy atom. The summed E-state index contributed by atoms with van der Waals surface area (Å²) >= 11 is 1.68. The van der Waals surface area contributed by atoms with Crippen LogP contribution >= 0.6 is 11.3 Å². The van der Waals surface area contributed by atoms with Crippen molar-refractivity contribution < 1.29 is 19.1 Å². The quantitative estimate of drug-likeness (QED) is 0.534. The maximum Gasteiger partial charge on any atom is 0.309 e. The maximum absolute atomic E-state index is 12.9. The lowest BCUT2D eigenvalue weighted by molar-refractivity contribution is -0.159. The van der Waals surface area contributed by atoms with Gasteiger partial charge in [0.05, 0.1) is 24.0 Å². The highest BCUT2D eigenvalue weighted by Crippen LogP contribution is 2.36. The number of carbonyl (C=O) groups excluding carboxylic acids is 2. The molecule has 0 spiro atoms. The molecule has 184 valence electrons. The largest absolute Gasteiger partial charge is 0.493 e. The number of hydrogen-bond acceptors (Lipinski definition) is 8. The second-order valence-electron chi connectivity index (χ2n) is 9.24. The van der Waals surface area contributed by atoms with Crippen LogP contribution in [-0.2, 0) is 14.3 Å². The number of hydrogen-bond donors (Lipinski definition) is 1. The predicted octanol–water partition coefficient (Wildman–Crippen LogP) is 4.10. The standard InChI is InChI=1S/C26H30N4O4S/c1-15-17(3)35-25-22(15)23(27-14-28-25)30-11-8-18(9-12-30)26(32)34-16(2)24(31)29-20-10-13-33-21-7-5-4-6-19(20)21/h4-7,14,16,18,20H,8-13H2,1-3H3,(H,29,31). The SMILES string of the molecule is Cc1sc2ncnc(N3CCC(C(=O)OC(C)C(=O)NC4CCOc5ccccc54)CC3)c2c1C. The Bertz CT molecular complexity index is 1250. The molecular formula is C26H30N4O4S. The summed E-state index contributed by atoms with van der Waals surface area (Å²) in [6, 6.07) is 7.54. The van der Waals surface area contributed by atoms with Crippen LogP contribution < -0.4 is 15.0 Å². The fourth-order valence-corrected chi connectivity index (χ4v) is 5.83. The van der Waals surface area contributed by atoms with Crippen molar-refractivity contribution in [1.82, 2.24) is 15.3 Å². The second-order valence-corrected chi connectivity index (χ2v) is 10.4. The Morgan fingerprint density at radius 1 is 1.17 bits per heavy atom. The highest BCUT2D eigenvalue weighted by Gasteiger charge is 2.31. The molecule has 1 amide bonds. The van der Waals surface area contributed by atoms with E-state index < -0.39 is 6.10 Å². The van der Waals surface area contributed by atoms with Gasteiger partial charge in [-0.3, -0.25) is 9.59 Å². The number of aromatic nitrogens is 2. The van der Waals surface area contributed by atoms with Crippen molar-refractivity contribution in [2.75, 3.05) is 24.6 Å². The van der Waals surface area contributed by atoms with Gasteiger partial charge in [-0.25, -0.2) is 9.97 Å². The number of thiophene rings is 1. The van der Waals surface area contributed by atoms with E-state index in [-0.39, 0.29) is 23.8 Å². The van der Waals surface area contributed by atoms with Crippen molar-refractivity contribution >= 4 is 39.2 Å². The van der Waals surface area contributed by atoms with Crippen LogP contribution in [0.15, 0.2) is 30.6 Å². The van der Waals surface area contributed by atoms with Gasteiger partial charge in [-0.1, -0.05) is 18.2 Å². The van der Waals surface area contributed by atoms with Gasteiger partial charge in [0.2, 0.25) is 0 Å². The first-order chi connectivity index (χ1) is 16.9. The average molecular weight is 495 g/mol. The Labute approximate surface area is 208 Å². The van der Waals surface area contributed by atoms with Crippen LogP contribution in [-0.4, -0.2) is 47.6 Å². The molecule has 8 nitrogen and oxygen atoms in total. The number of fused-ring (bicyclic) bond motifs is 2. The molecule has 2 unspecified atom stereocenters. The van der Waals surface area contributed by atoms with Crippen LogP contribution in [0.25, 0.3) is 10.2 Å². The van der Waals surface area contributed by atoms with Crippen LogP contribution in [0.4, 0.5) is 5.82 Å². The third-order valence-electron chi connectivity index (χ3n) is 7.01. The summed E-state index contributed by atoms with van der Waals surface area (Å²) in [5.74, 6) is 0.898. The van der Waals surface area contributed by atoms with Crippen molar-refractivity contribution in [3.8, 4) is 5.75 Å². The van der Waals surface area contributed by atoms with Crippen LogP contribution in [0.2, 0.25) is 0 Å². The third-order valence-corrected chi connectivity index (χ3v) is 8.13. The molecule has 0 radical (unpaired) electrons. The lowest BCUT2D eigenvalue weighted by atomic mass is 9.96. The molecule has 2 aliphatic heterocycles. The summed E-state index contributed by atoms with van der Waals surface area (Å²) in [7, 11) is 0. The van der Waals surface area contributed by atoms with E-state index in [0.717, 1.165) is 27.3 Å². The van der Waals surface area contributed by atoms with E-state index in [1.807, 2.05) is 24.3 Å². The Kier molecular flexibility index (Phi) is 6.60. The maximum atomic E-state index is 12.9. The fourth-order valence-electron chi connectivity index (χ4n) is 4.84. The summed E-state index contributed by atoms with van der Waals surface area (Å²) in [6.07, 6.45) is 2.77. The van der Waals surface area contributed by atoms with E-state index in [2.05, 4.69) is 34.0 Å². The van der Waals surface area contributed by atoms with Gasteiger partial charge in [0.25, 0.3) is 5.91 Å². The average Bonchev–Trinajstić information content (AvgIpc) is 3.17. The van der Waals surface area contributed by atoms with Gasteiger partial charge in [0, 0.05) is 30.0 Å². The van der Waals surface area contributed by atoms with Crippen LogP contribution in [0.1, 0.15) is 48.2 Å². The molecule has 0 saturated carbocycles. The van der Waals surface area contributed by atoms with E-state index in [1.54, 1.807) is 24.6 Å². The molecule has 35 heavy (non-hydrogen) atoms. The number of anilines is 1. The molecule has 2 aliphatic rings. The van der Waals surface area contributed by atoms with E-state index in [9.17, 15) is 9.59 Å². The highest BCUT2D eigenvalue weighted by molar-refractivity contribution is 7.18. The van der Waals surface area contributed by atoms with Crippen molar-refractivity contribution in [3.63, 3.8) is 0 Å². The minimum absolute atomic E-state index is 0.147. The van der Waals surface area contributed by atoms with Gasteiger partial charge in [-0.15, -0.1) is 11.3 Å². The van der Waals surface area contributed by atoms with Crippen LogP contribution in [0.5, 0.6) is 5.75 Å². The summed E-state index contributed by atoms with van der Waals surface area (Å²) in [6.45, 7) is 7.80. The van der Waals surface area contributed by atoms with Gasteiger partial charge in [-0.05, 0) is 45.2 Å². The highest BCUT2D eigenvalue weighted by atomic mass is 32.1. The summed E-state index contributed by atoms with van der Waals surface area (Å²) < 4.78 is 11.3. The third kappa shape index (κ3) is 4.69. The zero-order valence-corrected chi connectivity index (χ0v) is 21.1. The molecule has 1 saturated heterocycles. The molecule has 1 N–H and O–H groups in total. The molecule has 4 heterocycles. The summed E-state index contributed by atoms with van der Waals surface area (Å²) in [5.41, 5.74) is 2.17. The fraction of sp³-hybridized carbons (Fsp3) is 0.462. The second kappa shape index (κ2) is 9.81. The molecule has 1 aromatic carbocycles. The first-order valence-corrected chi connectivity index (χ1v) is 12.9. The number of aryl methyl sites for hydroxylation is 2. The topological polar surface area (TPSA) is 93.7 Å². The van der Waals surface area contributed by atoms with E-state index >= 15 is 0 Å². The van der Waals surface area contributed by atoms with Gasteiger partial charge in [0.1, 0.15) is 22.7 Å². The molecule has 3 aromatic rings. The molecule has 0 bridgehead atoms. The number of benzene rings is 1. The van der Waals surface area contributed by atoms with E-state index in [0.29, 0.717) is 39.0 Å². The number of ether oxygens (including phenoxy) is 2. The molecule has 2 aromatic heterocycles. The predicted molar refractivity (Wildman–Crippen MR) is 135 cm³/mol. The molecule has 1 fully saturated rings. The minimum atomic E-state index is -0.853. The molecule has 2 atom stereocenters. The Balaban J connectivity index is 1.17. The molecule has 0 aliphatic carbocycles. The van der Waals surface area contributed by atoms with E-state index in [4.69, 9.17) is 9.47 Å². The van der Waals surface area contributed by atoms with Crippen LogP contribution in [0, 0.1) is 19.8 Å². The van der Waals surface area contributed by atoms with Crippen LogP contribution in [0.3, 0.4) is 0 Å². The van der Waals surface area contributed by atoms with Gasteiger partial charge in [-0.2, -0.15) is 0 Å². The van der Waals surface area contributed by atoms with Crippen molar-refractivity contribution in [2.45, 2.75) is 52.2 Å². The Hall–Kier alpha value is -3.20. The first kappa shape index (κ1) is 23.5. The van der Waals surface area contributed by atoms with Crippen molar-refractivity contribution in [2.24, 2.45) is 5.92 Å². The number of esters is 1. The van der Waals surface area contributed by atoms with Gasteiger partial charge in [0.15, 0.2) is 6.10 Å². The number of para-hydroxylation sites is 1. The Morgan fingerprint density at radius 2 is 1.94 bits per heavy atom. The zero-order chi connectivity index (χ0) is 24.5. The monoisotopic (exact) mass is 494 g/mol. The molecular weight excluding hydrogens is 464 g/mol. The van der Waals surface area contributed by atoms with Crippen molar-refractivity contribution in [1.29, 1.82) is 0 Å². The number of carbonyl (C=O) groups is 2. The molecule has 9 heteroatoms. The van der Waals surface area contributed by atoms with Gasteiger partial charge < -0.3 is 19.7 Å². The summed E-state index contributed by atoms with van der Waals surface area (Å²) in [5, 5.41) is 4.13. The minimum Gasteiger partial charge on any atom is -0.493 e. The number of nitrogens with zero attached hydrogens (tertiary/aromatic N) is 3.